The van der Waals surface area contributed by atoms with Crippen molar-refractivity contribution in [1.82, 2.24) is 4.98 Å². The van der Waals surface area contributed by atoms with Crippen LogP contribution in [0.25, 0.3) is 10.6 Å². The third-order valence-corrected chi connectivity index (χ3v) is 5.21. The second kappa shape index (κ2) is 8.18. The van der Waals surface area contributed by atoms with Crippen molar-refractivity contribution in [2.45, 2.75) is 11.5 Å². The zero-order chi connectivity index (χ0) is 17.6. The molecule has 1 aromatic heterocycles. The molecule has 0 amide bonds. The number of thioether (sulfide) groups is 1. The fourth-order valence-electron chi connectivity index (χ4n) is 2.18. The van der Waals surface area contributed by atoms with Crippen LogP contribution in [0.3, 0.4) is 0 Å². The number of hydrogen-bond donors (Lipinski definition) is 0. The summed E-state index contributed by atoms with van der Waals surface area (Å²) in [5, 5.41) is 2.50. The number of thiazole rings is 1. The van der Waals surface area contributed by atoms with E-state index in [1.807, 2.05) is 54.8 Å². The van der Waals surface area contributed by atoms with Gasteiger partial charge in [-0.05, 0) is 48.2 Å². The molecule has 1 heterocycles. The molecular weight excluding hydrogens is 354 g/mol. The summed E-state index contributed by atoms with van der Waals surface area (Å²) in [6, 6.07) is 15.5. The van der Waals surface area contributed by atoms with Crippen LogP contribution in [0.1, 0.15) is 16.1 Å². The highest BCUT2D eigenvalue weighted by atomic mass is 32.2. The van der Waals surface area contributed by atoms with Crippen LogP contribution in [-0.2, 0) is 11.3 Å². The number of benzene rings is 2. The standard InChI is InChI=1S/C19H17NO3S2/c1-22-15-7-5-14(6-8-15)18-20-17(12-25-18)19(21)23-11-13-3-9-16(24-2)10-4-13/h3-10,12H,11H2,1-2H3. The summed E-state index contributed by atoms with van der Waals surface area (Å²) in [4.78, 5) is 17.7. The maximum atomic E-state index is 12.2. The maximum absolute atomic E-state index is 12.2. The molecule has 0 bridgehead atoms. The number of rotatable bonds is 6. The van der Waals surface area contributed by atoms with E-state index >= 15 is 0 Å². The highest BCUT2D eigenvalue weighted by molar-refractivity contribution is 7.98. The minimum Gasteiger partial charge on any atom is -0.497 e. The van der Waals surface area contributed by atoms with E-state index in [0.717, 1.165) is 21.9 Å². The zero-order valence-electron chi connectivity index (χ0n) is 13.9. The summed E-state index contributed by atoms with van der Waals surface area (Å²) in [6.07, 6.45) is 2.03. The van der Waals surface area contributed by atoms with Crippen molar-refractivity contribution < 1.29 is 14.3 Å². The van der Waals surface area contributed by atoms with Crippen LogP contribution in [-0.4, -0.2) is 24.3 Å². The van der Waals surface area contributed by atoms with Crippen molar-refractivity contribution in [3.05, 3.63) is 65.2 Å². The molecule has 0 fully saturated rings. The Hall–Kier alpha value is -2.31. The van der Waals surface area contributed by atoms with E-state index in [4.69, 9.17) is 9.47 Å². The fourth-order valence-corrected chi connectivity index (χ4v) is 3.38. The Morgan fingerprint density at radius 1 is 1.12 bits per heavy atom. The minimum atomic E-state index is -0.412. The Kier molecular flexibility index (Phi) is 5.73. The average Bonchev–Trinajstić information content (AvgIpc) is 3.17. The normalized spacial score (nSPS) is 10.5. The summed E-state index contributed by atoms with van der Waals surface area (Å²) in [5.41, 5.74) is 2.23. The van der Waals surface area contributed by atoms with Crippen LogP contribution in [0.4, 0.5) is 0 Å². The molecule has 6 heteroatoms. The quantitative estimate of drug-likeness (QED) is 0.456. The first kappa shape index (κ1) is 17.5. The van der Waals surface area contributed by atoms with Gasteiger partial charge in [0.15, 0.2) is 5.69 Å². The molecule has 0 atom stereocenters. The van der Waals surface area contributed by atoms with Gasteiger partial charge >= 0.3 is 5.97 Å². The van der Waals surface area contributed by atoms with Crippen molar-refractivity contribution in [3.63, 3.8) is 0 Å². The number of methoxy groups -OCH3 is 1. The van der Waals surface area contributed by atoms with Crippen molar-refractivity contribution in [2.75, 3.05) is 13.4 Å². The highest BCUT2D eigenvalue weighted by Gasteiger charge is 2.13. The summed E-state index contributed by atoms with van der Waals surface area (Å²) in [6.45, 7) is 0.239. The molecule has 3 rings (SSSR count). The van der Waals surface area contributed by atoms with Gasteiger partial charge in [-0.2, -0.15) is 0 Å². The molecule has 0 N–H and O–H groups in total. The molecule has 0 spiro atoms. The van der Waals surface area contributed by atoms with E-state index < -0.39 is 5.97 Å². The van der Waals surface area contributed by atoms with E-state index in [-0.39, 0.29) is 6.61 Å². The van der Waals surface area contributed by atoms with Gasteiger partial charge in [-0.1, -0.05) is 12.1 Å². The van der Waals surface area contributed by atoms with Crippen LogP contribution < -0.4 is 4.74 Å². The van der Waals surface area contributed by atoms with E-state index in [1.165, 1.54) is 16.2 Å². The summed E-state index contributed by atoms with van der Waals surface area (Å²) >= 11 is 3.09. The summed E-state index contributed by atoms with van der Waals surface area (Å²) in [7, 11) is 1.63. The van der Waals surface area contributed by atoms with Gasteiger partial charge in [-0.15, -0.1) is 23.1 Å². The molecule has 2 aromatic carbocycles. The lowest BCUT2D eigenvalue weighted by Gasteiger charge is -2.04. The molecule has 0 saturated heterocycles. The number of hydrogen-bond acceptors (Lipinski definition) is 6. The van der Waals surface area contributed by atoms with Crippen LogP contribution in [0.5, 0.6) is 5.75 Å². The third kappa shape index (κ3) is 4.41. The van der Waals surface area contributed by atoms with Gasteiger partial charge in [0, 0.05) is 15.8 Å². The molecule has 0 saturated carbocycles. The number of carbonyl (C=O) groups excluding carboxylic acids is 1. The van der Waals surface area contributed by atoms with E-state index in [9.17, 15) is 4.79 Å². The predicted octanol–water partition coefficient (Wildman–Crippen LogP) is 4.90. The lowest BCUT2D eigenvalue weighted by atomic mass is 10.2. The Balaban J connectivity index is 1.63. The second-order valence-corrected chi connectivity index (χ2v) is 6.93. The lowest BCUT2D eigenvalue weighted by Crippen LogP contribution is -2.05. The molecular formula is C19H17NO3S2. The van der Waals surface area contributed by atoms with Crippen LogP contribution in [0.15, 0.2) is 58.8 Å². The number of ether oxygens (including phenoxy) is 2. The van der Waals surface area contributed by atoms with Gasteiger partial charge < -0.3 is 9.47 Å². The Morgan fingerprint density at radius 2 is 1.84 bits per heavy atom. The second-order valence-electron chi connectivity index (χ2n) is 5.19. The number of nitrogens with zero attached hydrogens (tertiary/aromatic N) is 1. The molecule has 0 radical (unpaired) electrons. The SMILES string of the molecule is COc1ccc(-c2nc(C(=O)OCc3ccc(SC)cc3)cs2)cc1. The molecule has 128 valence electrons. The fraction of sp³-hybridized carbons (Fsp3) is 0.158. The summed E-state index contributed by atoms with van der Waals surface area (Å²) < 4.78 is 10.5. The largest absolute Gasteiger partial charge is 0.497 e. The number of aromatic nitrogens is 1. The number of esters is 1. The summed E-state index contributed by atoms with van der Waals surface area (Å²) in [5.74, 6) is 0.373. The Labute approximate surface area is 154 Å². The Morgan fingerprint density at radius 3 is 2.48 bits per heavy atom. The lowest BCUT2D eigenvalue weighted by molar-refractivity contribution is 0.0466. The maximum Gasteiger partial charge on any atom is 0.358 e. The van der Waals surface area contributed by atoms with Gasteiger partial charge in [-0.25, -0.2) is 9.78 Å². The van der Waals surface area contributed by atoms with Crippen molar-refractivity contribution in [3.8, 4) is 16.3 Å². The first-order valence-corrected chi connectivity index (χ1v) is 9.70. The van der Waals surface area contributed by atoms with E-state index in [1.54, 1.807) is 24.3 Å². The molecule has 0 aliphatic carbocycles. The van der Waals surface area contributed by atoms with Gasteiger partial charge in [0.25, 0.3) is 0 Å². The molecule has 0 aliphatic heterocycles. The first-order valence-electron chi connectivity index (χ1n) is 7.59. The molecule has 0 aliphatic rings. The highest BCUT2D eigenvalue weighted by Crippen LogP contribution is 2.26. The predicted molar refractivity (Wildman–Crippen MR) is 101 cm³/mol. The van der Waals surface area contributed by atoms with Gasteiger partial charge in [0.2, 0.25) is 0 Å². The third-order valence-electron chi connectivity index (χ3n) is 3.58. The van der Waals surface area contributed by atoms with E-state index in [0.29, 0.717) is 5.69 Å². The smallest absolute Gasteiger partial charge is 0.358 e. The number of carbonyl (C=O) groups is 1. The van der Waals surface area contributed by atoms with Crippen molar-refractivity contribution in [2.24, 2.45) is 0 Å². The van der Waals surface area contributed by atoms with Gasteiger partial charge in [-0.3, -0.25) is 0 Å². The molecule has 3 aromatic rings. The van der Waals surface area contributed by atoms with Crippen molar-refractivity contribution in [1.29, 1.82) is 0 Å². The zero-order valence-corrected chi connectivity index (χ0v) is 15.5. The first-order chi connectivity index (χ1) is 12.2. The van der Waals surface area contributed by atoms with Crippen LogP contribution >= 0.6 is 23.1 Å². The molecule has 4 nitrogen and oxygen atoms in total. The van der Waals surface area contributed by atoms with Gasteiger partial charge in [0.1, 0.15) is 17.4 Å². The van der Waals surface area contributed by atoms with Crippen LogP contribution in [0.2, 0.25) is 0 Å². The minimum absolute atomic E-state index is 0.239. The molecule has 0 unspecified atom stereocenters. The Bertz CT molecular complexity index is 842. The van der Waals surface area contributed by atoms with E-state index in [2.05, 4.69) is 4.98 Å². The monoisotopic (exact) mass is 371 g/mol. The topological polar surface area (TPSA) is 48.4 Å². The van der Waals surface area contributed by atoms with Gasteiger partial charge in [0.05, 0.1) is 7.11 Å². The molecule has 25 heavy (non-hydrogen) atoms. The van der Waals surface area contributed by atoms with Crippen molar-refractivity contribution >= 4 is 29.1 Å². The average molecular weight is 371 g/mol. The van der Waals surface area contributed by atoms with Crippen LogP contribution in [0, 0.1) is 0 Å².